The lowest BCUT2D eigenvalue weighted by Crippen LogP contribution is -2.47. The summed E-state index contributed by atoms with van der Waals surface area (Å²) in [6.45, 7) is 4.52. The normalized spacial score (nSPS) is 11.6. The predicted molar refractivity (Wildman–Crippen MR) is 113 cm³/mol. The third-order valence-corrected chi connectivity index (χ3v) is 4.53. The van der Waals surface area contributed by atoms with Gasteiger partial charge in [-0.3, -0.25) is 9.59 Å². The quantitative estimate of drug-likeness (QED) is 0.644. The largest absolute Gasteiger partial charge is 0.493 e. The minimum Gasteiger partial charge on any atom is -0.493 e. The number of nitrogens with one attached hydrogen (secondary N) is 2. The van der Waals surface area contributed by atoms with Crippen molar-refractivity contribution in [1.29, 1.82) is 0 Å². The zero-order valence-corrected chi connectivity index (χ0v) is 17.5. The second-order valence-corrected chi connectivity index (χ2v) is 7.25. The maximum absolute atomic E-state index is 12.7. The highest BCUT2D eigenvalue weighted by atomic mass is 16.5. The van der Waals surface area contributed by atoms with Crippen molar-refractivity contribution in [3.63, 3.8) is 0 Å². The van der Waals surface area contributed by atoms with E-state index in [4.69, 9.17) is 9.47 Å². The van der Waals surface area contributed by atoms with Crippen LogP contribution >= 0.6 is 0 Å². The van der Waals surface area contributed by atoms with Crippen molar-refractivity contribution in [2.24, 2.45) is 5.92 Å². The van der Waals surface area contributed by atoms with Crippen molar-refractivity contribution in [2.75, 3.05) is 20.8 Å². The number of carbonyl (C=O) groups is 2. The molecule has 0 spiro atoms. The Morgan fingerprint density at radius 2 is 1.66 bits per heavy atom. The molecule has 1 atom stereocenters. The lowest BCUT2D eigenvalue weighted by atomic mass is 10.0. The Bertz CT molecular complexity index is 806. The Morgan fingerprint density at radius 1 is 0.966 bits per heavy atom. The Morgan fingerprint density at radius 3 is 2.28 bits per heavy atom. The lowest BCUT2D eigenvalue weighted by molar-refractivity contribution is -0.123. The molecule has 2 N–H and O–H groups in total. The first-order valence-electron chi connectivity index (χ1n) is 9.79. The number of amides is 2. The van der Waals surface area contributed by atoms with Gasteiger partial charge in [-0.15, -0.1) is 0 Å². The summed E-state index contributed by atoms with van der Waals surface area (Å²) in [7, 11) is 3.19. The van der Waals surface area contributed by atoms with Crippen LogP contribution in [0.4, 0.5) is 0 Å². The molecule has 0 saturated heterocycles. The van der Waals surface area contributed by atoms with Crippen molar-refractivity contribution in [1.82, 2.24) is 10.6 Å². The second kappa shape index (κ2) is 11.1. The SMILES string of the molecule is COc1ccc(CCNC(=O)C(CC(C)C)NC(=O)c2ccccc2)cc1OC. The van der Waals surface area contributed by atoms with Crippen LogP contribution in [-0.4, -0.2) is 38.6 Å². The first-order chi connectivity index (χ1) is 13.9. The van der Waals surface area contributed by atoms with Crippen molar-refractivity contribution >= 4 is 11.8 Å². The first-order valence-corrected chi connectivity index (χ1v) is 9.79. The van der Waals surface area contributed by atoms with Crippen molar-refractivity contribution in [2.45, 2.75) is 32.7 Å². The molecule has 1 unspecified atom stereocenters. The van der Waals surface area contributed by atoms with E-state index in [2.05, 4.69) is 10.6 Å². The summed E-state index contributed by atoms with van der Waals surface area (Å²) in [4.78, 5) is 25.1. The van der Waals surface area contributed by atoms with E-state index < -0.39 is 6.04 Å². The van der Waals surface area contributed by atoms with Crippen LogP contribution in [0.5, 0.6) is 11.5 Å². The average Bonchev–Trinajstić information content (AvgIpc) is 2.73. The van der Waals surface area contributed by atoms with Crippen molar-refractivity contribution in [3.8, 4) is 11.5 Å². The summed E-state index contributed by atoms with van der Waals surface area (Å²) >= 11 is 0. The van der Waals surface area contributed by atoms with Gasteiger partial charge in [0.2, 0.25) is 5.91 Å². The molecule has 0 radical (unpaired) electrons. The zero-order chi connectivity index (χ0) is 21.2. The fourth-order valence-electron chi connectivity index (χ4n) is 3.02. The lowest BCUT2D eigenvalue weighted by Gasteiger charge is -2.20. The molecule has 6 heteroatoms. The molecule has 29 heavy (non-hydrogen) atoms. The predicted octanol–water partition coefficient (Wildman–Crippen LogP) is 3.21. The number of hydrogen-bond donors (Lipinski definition) is 2. The van der Waals surface area contributed by atoms with E-state index in [1.807, 2.05) is 38.1 Å². The van der Waals surface area contributed by atoms with Crippen LogP contribution in [0.1, 0.15) is 36.2 Å². The van der Waals surface area contributed by atoms with E-state index in [1.54, 1.807) is 38.5 Å². The fourth-order valence-corrected chi connectivity index (χ4v) is 3.02. The molecule has 2 rings (SSSR count). The Hall–Kier alpha value is -3.02. The molecule has 0 aliphatic rings. The molecular formula is C23H30N2O4. The van der Waals surface area contributed by atoms with Gasteiger partial charge in [-0.05, 0) is 48.6 Å². The van der Waals surface area contributed by atoms with Gasteiger partial charge in [-0.2, -0.15) is 0 Å². The number of carbonyl (C=O) groups excluding carboxylic acids is 2. The smallest absolute Gasteiger partial charge is 0.251 e. The van der Waals surface area contributed by atoms with Crippen LogP contribution in [0.25, 0.3) is 0 Å². The molecule has 0 aliphatic carbocycles. The third-order valence-electron chi connectivity index (χ3n) is 4.53. The molecule has 2 aromatic carbocycles. The van der Waals surface area contributed by atoms with E-state index in [0.29, 0.717) is 36.4 Å². The zero-order valence-electron chi connectivity index (χ0n) is 17.5. The van der Waals surface area contributed by atoms with Crippen molar-refractivity contribution in [3.05, 3.63) is 59.7 Å². The summed E-state index contributed by atoms with van der Waals surface area (Å²) in [6.07, 6.45) is 1.22. The fraction of sp³-hybridized carbons (Fsp3) is 0.391. The summed E-state index contributed by atoms with van der Waals surface area (Å²) in [5, 5.41) is 5.79. The molecular weight excluding hydrogens is 368 g/mol. The summed E-state index contributed by atoms with van der Waals surface area (Å²) in [5.41, 5.74) is 1.57. The van der Waals surface area contributed by atoms with Crippen LogP contribution < -0.4 is 20.1 Å². The van der Waals surface area contributed by atoms with Crippen LogP contribution in [0.2, 0.25) is 0 Å². The topological polar surface area (TPSA) is 76.7 Å². The van der Waals surface area contributed by atoms with Gasteiger partial charge in [0.05, 0.1) is 14.2 Å². The van der Waals surface area contributed by atoms with Crippen LogP contribution in [0, 0.1) is 5.92 Å². The number of rotatable bonds is 10. The van der Waals surface area contributed by atoms with Gasteiger partial charge in [-0.25, -0.2) is 0 Å². The van der Waals surface area contributed by atoms with Crippen LogP contribution in [-0.2, 0) is 11.2 Å². The highest BCUT2D eigenvalue weighted by Gasteiger charge is 2.22. The number of methoxy groups -OCH3 is 2. The minimum absolute atomic E-state index is 0.177. The molecule has 6 nitrogen and oxygen atoms in total. The van der Waals surface area contributed by atoms with Crippen molar-refractivity contribution < 1.29 is 19.1 Å². The van der Waals surface area contributed by atoms with Crippen LogP contribution in [0.15, 0.2) is 48.5 Å². The second-order valence-electron chi connectivity index (χ2n) is 7.25. The van der Waals surface area contributed by atoms with Gasteiger partial charge >= 0.3 is 0 Å². The van der Waals surface area contributed by atoms with Gasteiger partial charge in [0.15, 0.2) is 11.5 Å². The van der Waals surface area contributed by atoms with E-state index in [9.17, 15) is 9.59 Å². The monoisotopic (exact) mass is 398 g/mol. The Kier molecular flexibility index (Phi) is 8.52. The molecule has 0 bridgehead atoms. The third kappa shape index (κ3) is 6.82. The minimum atomic E-state index is -0.576. The van der Waals surface area contributed by atoms with E-state index in [-0.39, 0.29) is 17.7 Å². The average molecular weight is 399 g/mol. The molecule has 0 aromatic heterocycles. The summed E-state index contributed by atoms with van der Waals surface area (Å²) in [5.74, 6) is 1.17. The number of hydrogen-bond acceptors (Lipinski definition) is 4. The summed E-state index contributed by atoms with van der Waals surface area (Å²) < 4.78 is 10.6. The molecule has 0 aliphatic heterocycles. The maximum Gasteiger partial charge on any atom is 0.251 e. The molecule has 2 amide bonds. The number of benzene rings is 2. The molecule has 0 fully saturated rings. The van der Waals surface area contributed by atoms with Gasteiger partial charge in [0, 0.05) is 12.1 Å². The summed E-state index contributed by atoms with van der Waals surface area (Å²) in [6, 6.07) is 14.0. The molecule has 156 valence electrons. The van der Waals surface area contributed by atoms with E-state index >= 15 is 0 Å². The highest BCUT2D eigenvalue weighted by molar-refractivity contribution is 5.97. The Balaban J connectivity index is 1.95. The Labute approximate surface area is 172 Å². The van der Waals surface area contributed by atoms with Crippen LogP contribution in [0.3, 0.4) is 0 Å². The highest BCUT2D eigenvalue weighted by Crippen LogP contribution is 2.27. The first kappa shape index (κ1) is 22.3. The van der Waals surface area contributed by atoms with Gasteiger partial charge in [0.1, 0.15) is 6.04 Å². The van der Waals surface area contributed by atoms with Gasteiger partial charge in [-0.1, -0.05) is 38.1 Å². The van der Waals surface area contributed by atoms with Gasteiger partial charge < -0.3 is 20.1 Å². The van der Waals surface area contributed by atoms with E-state index in [1.165, 1.54) is 0 Å². The molecule has 2 aromatic rings. The molecule has 0 heterocycles. The van der Waals surface area contributed by atoms with E-state index in [0.717, 1.165) is 5.56 Å². The standard InChI is InChI=1S/C23H30N2O4/c1-16(2)14-19(25-22(26)18-8-6-5-7-9-18)23(27)24-13-12-17-10-11-20(28-3)21(15-17)29-4/h5-11,15-16,19H,12-14H2,1-4H3,(H,24,27)(H,25,26). The number of ether oxygens (including phenoxy) is 2. The van der Waals surface area contributed by atoms with Gasteiger partial charge in [0.25, 0.3) is 5.91 Å². The molecule has 0 saturated carbocycles. The maximum atomic E-state index is 12.7.